The number of ether oxygens (including phenoxy) is 1. The number of benzene rings is 1. The van der Waals surface area contributed by atoms with Crippen LogP contribution in [0.25, 0.3) is 0 Å². The van der Waals surface area contributed by atoms with Crippen molar-refractivity contribution in [1.82, 2.24) is 4.90 Å². The number of carbonyl (C=O) groups excluding carboxylic acids is 3. The number of carbonyl (C=O) groups is 3. The standard InChI is InChI=1S/C26H37N3O5S/c1-5-28(6-2)18-11-9-17(10-12-18)27-23(31)22-26-16(4)15-19(35-26)20(25(33)34-7-3)21(26)24(32)29(22)13-8-14-30/h9-12,16,19-22,30H,5-8,13-15H2,1-4H3,(H,27,31)/t16?,19-,20+,21-,22?,26?/m0/s1. The fourth-order valence-corrected chi connectivity index (χ4v) is 8.77. The summed E-state index contributed by atoms with van der Waals surface area (Å²) in [5, 5.41) is 12.5. The van der Waals surface area contributed by atoms with Crippen LogP contribution in [-0.2, 0) is 19.1 Å². The first-order valence-electron chi connectivity index (χ1n) is 12.8. The smallest absolute Gasteiger partial charge is 0.310 e. The number of rotatable bonds is 10. The molecule has 3 heterocycles. The Morgan fingerprint density at radius 3 is 2.51 bits per heavy atom. The molecule has 35 heavy (non-hydrogen) atoms. The third-order valence-corrected chi connectivity index (χ3v) is 9.95. The summed E-state index contributed by atoms with van der Waals surface area (Å²) in [6.45, 7) is 10.3. The maximum absolute atomic E-state index is 13.8. The van der Waals surface area contributed by atoms with E-state index in [1.165, 1.54) is 0 Å². The SMILES string of the molecule is CCOC(=O)[C@@H]1[C@@H]2CC(C)C3(S2)C(C(=O)Nc2ccc(N(CC)CC)cc2)N(CCCO)C(=O)[C@H]13. The molecule has 1 aromatic rings. The Morgan fingerprint density at radius 2 is 1.91 bits per heavy atom. The van der Waals surface area contributed by atoms with E-state index in [1.54, 1.807) is 23.6 Å². The number of nitrogens with zero attached hydrogens (tertiary/aromatic N) is 2. The van der Waals surface area contributed by atoms with Gasteiger partial charge in [0.25, 0.3) is 0 Å². The molecule has 2 amide bonds. The highest BCUT2D eigenvalue weighted by Crippen LogP contribution is 2.68. The zero-order valence-electron chi connectivity index (χ0n) is 21.0. The monoisotopic (exact) mass is 503 g/mol. The Hall–Kier alpha value is -2.26. The van der Waals surface area contributed by atoms with Gasteiger partial charge in [-0.3, -0.25) is 14.4 Å². The van der Waals surface area contributed by atoms with Gasteiger partial charge in [-0.25, -0.2) is 0 Å². The number of aliphatic hydroxyl groups is 1. The molecule has 1 spiro atoms. The van der Waals surface area contributed by atoms with Crippen LogP contribution in [0.1, 0.15) is 40.5 Å². The first kappa shape index (κ1) is 25.8. The number of likely N-dealkylation sites (tertiary alicyclic amines) is 1. The molecule has 0 aromatic heterocycles. The molecule has 6 atom stereocenters. The molecule has 2 bridgehead atoms. The highest BCUT2D eigenvalue weighted by Gasteiger charge is 2.76. The van der Waals surface area contributed by atoms with E-state index in [-0.39, 0.29) is 48.7 Å². The molecule has 2 N–H and O–H groups in total. The quantitative estimate of drug-likeness (QED) is 0.474. The van der Waals surface area contributed by atoms with Gasteiger partial charge in [0.1, 0.15) is 6.04 Å². The molecule has 3 aliphatic rings. The van der Waals surface area contributed by atoms with Crippen LogP contribution in [0.2, 0.25) is 0 Å². The molecule has 3 saturated heterocycles. The number of nitrogens with one attached hydrogen (secondary N) is 1. The van der Waals surface area contributed by atoms with E-state index in [4.69, 9.17) is 4.74 Å². The zero-order valence-corrected chi connectivity index (χ0v) is 21.8. The number of hydrogen-bond acceptors (Lipinski definition) is 7. The summed E-state index contributed by atoms with van der Waals surface area (Å²) < 4.78 is 4.68. The number of thioether (sulfide) groups is 1. The summed E-state index contributed by atoms with van der Waals surface area (Å²) in [4.78, 5) is 44.3. The maximum Gasteiger partial charge on any atom is 0.310 e. The maximum atomic E-state index is 13.8. The van der Waals surface area contributed by atoms with Crippen molar-refractivity contribution in [3.8, 4) is 0 Å². The third kappa shape index (κ3) is 4.20. The molecule has 3 unspecified atom stereocenters. The summed E-state index contributed by atoms with van der Waals surface area (Å²) in [7, 11) is 0. The first-order valence-corrected chi connectivity index (χ1v) is 13.6. The van der Waals surface area contributed by atoms with Crippen molar-refractivity contribution in [1.29, 1.82) is 0 Å². The molecule has 0 aliphatic carbocycles. The zero-order chi connectivity index (χ0) is 25.3. The van der Waals surface area contributed by atoms with Crippen LogP contribution in [0, 0.1) is 17.8 Å². The van der Waals surface area contributed by atoms with E-state index in [9.17, 15) is 19.5 Å². The minimum atomic E-state index is -0.710. The van der Waals surface area contributed by atoms with Gasteiger partial charge in [-0.05, 0) is 63.8 Å². The summed E-state index contributed by atoms with van der Waals surface area (Å²) >= 11 is 1.63. The summed E-state index contributed by atoms with van der Waals surface area (Å²) in [6.07, 6.45) is 1.15. The Bertz CT molecular complexity index is 953. The molecule has 3 aliphatic heterocycles. The molecular weight excluding hydrogens is 466 g/mol. The van der Waals surface area contributed by atoms with Gasteiger partial charge in [-0.2, -0.15) is 0 Å². The normalized spacial score (nSPS) is 30.9. The van der Waals surface area contributed by atoms with E-state index in [0.29, 0.717) is 12.1 Å². The van der Waals surface area contributed by atoms with Crippen molar-refractivity contribution in [3.05, 3.63) is 24.3 Å². The second-order valence-electron chi connectivity index (χ2n) is 9.62. The fraction of sp³-hybridized carbons (Fsp3) is 0.654. The lowest BCUT2D eigenvalue weighted by Gasteiger charge is -2.38. The molecule has 8 nitrogen and oxygen atoms in total. The fourth-order valence-electron chi connectivity index (χ4n) is 6.36. The van der Waals surface area contributed by atoms with Crippen molar-refractivity contribution in [3.63, 3.8) is 0 Å². The number of fused-ring (bicyclic) bond motifs is 1. The Balaban J connectivity index is 1.64. The van der Waals surface area contributed by atoms with E-state index in [2.05, 4.69) is 31.0 Å². The lowest BCUT2D eigenvalue weighted by Crippen LogP contribution is -2.54. The van der Waals surface area contributed by atoms with Gasteiger partial charge in [0, 0.05) is 42.9 Å². The summed E-state index contributed by atoms with van der Waals surface area (Å²) in [5.74, 6) is -1.77. The predicted octanol–water partition coefficient (Wildman–Crippen LogP) is 2.75. The number of hydrogen-bond donors (Lipinski definition) is 2. The average Bonchev–Trinajstić information content (AvgIpc) is 3.43. The van der Waals surface area contributed by atoms with Crippen LogP contribution in [0.5, 0.6) is 0 Å². The molecule has 3 fully saturated rings. The Kier molecular flexibility index (Phi) is 7.66. The molecule has 0 radical (unpaired) electrons. The molecular formula is C26H37N3O5S. The Labute approximate surface area is 211 Å². The molecule has 4 rings (SSSR count). The molecule has 1 aromatic carbocycles. The number of amides is 2. The lowest BCUT2D eigenvalue weighted by molar-refractivity contribution is -0.154. The van der Waals surface area contributed by atoms with Crippen molar-refractivity contribution in [2.24, 2.45) is 17.8 Å². The van der Waals surface area contributed by atoms with Crippen LogP contribution in [0.4, 0.5) is 11.4 Å². The highest BCUT2D eigenvalue weighted by molar-refractivity contribution is 8.02. The molecule has 9 heteroatoms. The largest absolute Gasteiger partial charge is 0.466 e. The van der Waals surface area contributed by atoms with Gasteiger partial charge in [-0.15, -0.1) is 11.8 Å². The van der Waals surface area contributed by atoms with E-state index >= 15 is 0 Å². The topological polar surface area (TPSA) is 99.2 Å². The second kappa shape index (κ2) is 10.4. The lowest BCUT2D eigenvalue weighted by atomic mass is 9.66. The third-order valence-electron chi connectivity index (χ3n) is 7.87. The van der Waals surface area contributed by atoms with Crippen LogP contribution >= 0.6 is 11.8 Å². The van der Waals surface area contributed by atoms with Crippen LogP contribution in [0.3, 0.4) is 0 Å². The second-order valence-corrected chi connectivity index (χ2v) is 11.2. The van der Waals surface area contributed by atoms with Gasteiger partial charge in [0.15, 0.2) is 0 Å². The van der Waals surface area contributed by atoms with Crippen LogP contribution < -0.4 is 10.2 Å². The van der Waals surface area contributed by atoms with Crippen LogP contribution in [0.15, 0.2) is 24.3 Å². The van der Waals surface area contributed by atoms with E-state index in [1.807, 2.05) is 24.3 Å². The first-order chi connectivity index (χ1) is 16.8. The van der Waals surface area contributed by atoms with Crippen molar-refractivity contribution in [2.45, 2.75) is 56.6 Å². The number of aliphatic hydroxyl groups excluding tert-OH is 1. The highest BCUT2D eigenvalue weighted by atomic mass is 32.2. The average molecular weight is 504 g/mol. The van der Waals surface area contributed by atoms with E-state index < -0.39 is 22.6 Å². The van der Waals surface area contributed by atoms with Gasteiger partial charge in [0.2, 0.25) is 11.8 Å². The molecule has 0 saturated carbocycles. The van der Waals surface area contributed by atoms with Gasteiger partial charge in [0.05, 0.1) is 23.2 Å². The summed E-state index contributed by atoms with van der Waals surface area (Å²) in [5.41, 5.74) is 1.76. The number of esters is 1. The van der Waals surface area contributed by atoms with E-state index in [0.717, 1.165) is 25.2 Å². The van der Waals surface area contributed by atoms with Crippen LogP contribution in [-0.4, -0.2) is 76.7 Å². The predicted molar refractivity (Wildman–Crippen MR) is 137 cm³/mol. The van der Waals surface area contributed by atoms with Gasteiger partial charge >= 0.3 is 5.97 Å². The minimum absolute atomic E-state index is 0.0263. The van der Waals surface area contributed by atoms with Gasteiger partial charge < -0.3 is 25.0 Å². The number of anilines is 2. The Morgan fingerprint density at radius 1 is 1.23 bits per heavy atom. The van der Waals surface area contributed by atoms with Crippen molar-refractivity contribution >= 4 is 40.9 Å². The summed E-state index contributed by atoms with van der Waals surface area (Å²) in [6, 6.07) is 7.04. The van der Waals surface area contributed by atoms with Crippen molar-refractivity contribution in [2.75, 3.05) is 43.1 Å². The minimum Gasteiger partial charge on any atom is -0.466 e. The molecule has 192 valence electrons. The van der Waals surface area contributed by atoms with Gasteiger partial charge in [-0.1, -0.05) is 6.92 Å². The van der Waals surface area contributed by atoms with Crippen molar-refractivity contribution < 1.29 is 24.2 Å².